The van der Waals surface area contributed by atoms with Crippen LogP contribution in [0.4, 0.5) is 0 Å². The highest BCUT2D eigenvalue weighted by molar-refractivity contribution is 6.99. The molecule has 7 heterocycles. The van der Waals surface area contributed by atoms with Gasteiger partial charge in [0.15, 0.2) is 0 Å². The molecule has 0 fully saturated rings. The molecule has 0 saturated heterocycles. The topological polar surface area (TPSA) is 67.6 Å². The minimum atomic E-state index is -0.0825. The lowest BCUT2D eigenvalue weighted by Crippen LogP contribution is -2.57. The lowest BCUT2D eigenvalue weighted by atomic mass is 9.34. The summed E-state index contributed by atoms with van der Waals surface area (Å²) in [5.41, 5.74) is 38.0. The summed E-state index contributed by atoms with van der Waals surface area (Å²) in [5.74, 6) is 6.96. The van der Waals surface area contributed by atoms with Crippen LogP contribution in [0.2, 0.25) is 0 Å². The van der Waals surface area contributed by atoms with Gasteiger partial charge >= 0.3 is 0 Å². The van der Waals surface area contributed by atoms with Gasteiger partial charge < -0.3 is 23.5 Å². The molecule has 0 aliphatic carbocycles. The Hall–Kier alpha value is -17.7. The molecule has 0 unspecified atom stereocenters. The Labute approximate surface area is 796 Å². The fraction of sp³-hybridized carbons (Fsp3) is 0.0156. The van der Waals surface area contributed by atoms with Gasteiger partial charge in [-0.25, -0.2) is 0 Å². The van der Waals surface area contributed by atoms with E-state index in [1.807, 2.05) is 36.9 Å². The molecule has 4 aliphatic heterocycles. The Morgan fingerprint density at radius 1 is 0.204 bits per heavy atom. The molecule has 4 aliphatic rings. The van der Waals surface area contributed by atoms with Gasteiger partial charge in [0, 0.05) is 92.0 Å². The number of aryl methyl sites for hydroxylation is 2. The molecule has 0 N–H and O–H groups in total. The largest absolute Gasteiger partial charge is 0.458 e. The molecule has 20 aromatic carbocycles. The first-order valence-corrected chi connectivity index (χ1v) is 46.8. The van der Waals surface area contributed by atoms with E-state index < -0.39 is 0 Å². The average molecular weight is 1750 g/mol. The summed E-state index contributed by atoms with van der Waals surface area (Å²) < 4.78 is 30.0. The number of aromatic nitrogens is 3. The third-order valence-corrected chi connectivity index (χ3v) is 27.7. The molecule has 9 heteroatoms. The van der Waals surface area contributed by atoms with E-state index in [0.717, 1.165) is 140 Å². The second-order valence-corrected chi connectivity index (χ2v) is 35.7. The second kappa shape index (κ2) is 34.5. The quantitative estimate of drug-likeness (QED) is 0.0897. The Kier molecular flexibility index (Phi) is 20.5. The Balaban J connectivity index is 0.000000109. The number of hydrogen-bond donors (Lipinski definition) is 0. The number of fused-ring (bicyclic) bond motifs is 13. The summed E-state index contributed by atoms with van der Waals surface area (Å²) in [6.07, 6.45) is 7.61. The van der Waals surface area contributed by atoms with Gasteiger partial charge in [-0.3, -0.25) is 9.97 Å². The van der Waals surface area contributed by atoms with Gasteiger partial charge in [-0.2, -0.15) is 0 Å². The van der Waals surface area contributed by atoms with Crippen molar-refractivity contribution < 1.29 is 18.9 Å². The number of nitrogens with zero attached hydrogens (tertiary/aromatic N) is 3. The first kappa shape index (κ1) is 81.4. The molecule has 0 saturated carbocycles. The first-order valence-electron chi connectivity index (χ1n) is 46.8. The summed E-state index contributed by atoms with van der Waals surface area (Å²) in [5, 5.41) is 7.38. The maximum Gasteiger partial charge on any atom is 0.260 e. The highest BCUT2D eigenvalue weighted by Gasteiger charge is 2.45. The molecule has 0 radical (unpaired) electrons. The molecule has 137 heavy (non-hydrogen) atoms. The van der Waals surface area contributed by atoms with Crippen LogP contribution >= 0.6 is 0 Å². The SMILES string of the molecule is Cc1ccncc1-c1ccc(-c2c3ccccc3c(-c3ccc(-c4cnccc4C)cc3)c3cc(-c4ccccc4)ccc23)cc1.c1ccc(-c2ccc3c(c2)c2cc(-c4ccccc4)ccc2n3-c2cc3c4c(c2)Oc2ccccc2B4c2ccccc2O3)cc1.c1ccc(-c2cccc3c2Oc2c(-c4ccccc4)cc(-c4ccccc4)c4c2B3c2cccc(-c3ccccc3)c2O4)cc1. The zero-order valence-corrected chi connectivity index (χ0v) is 75.2. The van der Waals surface area contributed by atoms with Crippen molar-refractivity contribution in [3.8, 4) is 174 Å². The highest BCUT2D eigenvalue weighted by Crippen LogP contribution is 2.52. The Morgan fingerprint density at radius 3 is 0.942 bits per heavy atom. The van der Waals surface area contributed by atoms with Gasteiger partial charge in [0.1, 0.15) is 46.0 Å². The van der Waals surface area contributed by atoms with E-state index in [0.29, 0.717) is 0 Å². The molecule has 0 amide bonds. The molecular weight excluding hydrogens is 1670 g/mol. The molecular formula is C128H85B2N3O4. The smallest absolute Gasteiger partial charge is 0.260 e. The number of rotatable bonds is 12. The maximum absolute atomic E-state index is 7.14. The standard InChI is InChI=1S/C44H32N2.C42H26BNO2.C42H27BO2/c1-29-22-24-45-27-41(29)32-12-16-34(17-13-32)43-37-10-6-7-11-38(37)44(35-18-14-33(15-19-35)42-28-46-25-23-30(42)2)40-26-36(20-21-39(40)43)31-8-4-3-5-9-31;1-3-11-27(12-4-1)29-19-21-36-32(23-29)33-24-30(28-13-5-2-6-14-28)20-22-37(33)44(36)31-25-40-42-41(26-31)46-39-18-10-8-16-35(39)43(42)34-15-7-9-17-38(34)45-40;1-5-15-28(16-6-1)32-23-13-25-36-39(32)44-41-34(30-19-9-3-10-20-30)27-35(31-21-11-4-12-22-31)42-38(41)43(36)37-26-14-24-33(40(37)45-42)29-17-7-2-8-18-29/h3-28H,1-2H3;1-26H;1-27H. The van der Waals surface area contributed by atoms with Crippen molar-refractivity contribution in [1.29, 1.82) is 0 Å². The Morgan fingerprint density at radius 2 is 0.526 bits per heavy atom. The summed E-state index contributed by atoms with van der Waals surface area (Å²) in [7, 11) is 0. The molecule has 27 rings (SSSR count). The van der Waals surface area contributed by atoms with Crippen LogP contribution in [0.15, 0.2) is 480 Å². The van der Waals surface area contributed by atoms with Gasteiger partial charge in [-0.05, 0) is 218 Å². The van der Waals surface area contributed by atoms with E-state index in [9.17, 15) is 0 Å². The maximum atomic E-state index is 7.14. The van der Waals surface area contributed by atoms with Gasteiger partial charge in [-0.15, -0.1) is 0 Å². The first-order chi connectivity index (χ1) is 67.8. The Bertz CT molecular complexity index is 8320. The molecule has 7 nitrogen and oxygen atoms in total. The van der Waals surface area contributed by atoms with Crippen LogP contribution in [0.3, 0.4) is 0 Å². The van der Waals surface area contributed by atoms with Crippen molar-refractivity contribution in [3.05, 3.63) is 491 Å². The van der Waals surface area contributed by atoms with Crippen LogP contribution in [0.25, 0.3) is 171 Å². The van der Waals surface area contributed by atoms with Crippen molar-refractivity contribution in [2.75, 3.05) is 0 Å². The van der Waals surface area contributed by atoms with Gasteiger partial charge in [-0.1, -0.05) is 382 Å². The predicted octanol–water partition coefficient (Wildman–Crippen LogP) is 29.7. The normalized spacial score (nSPS) is 12.1. The van der Waals surface area contributed by atoms with Crippen molar-refractivity contribution in [2.45, 2.75) is 13.8 Å². The predicted molar refractivity (Wildman–Crippen MR) is 569 cm³/mol. The summed E-state index contributed by atoms with van der Waals surface area (Å²) in [4.78, 5) is 8.76. The summed E-state index contributed by atoms with van der Waals surface area (Å²) in [6.45, 7) is 4.24. The second-order valence-electron chi connectivity index (χ2n) is 35.7. The third kappa shape index (κ3) is 14.5. The van der Waals surface area contributed by atoms with Crippen molar-refractivity contribution in [3.63, 3.8) is 0 Å². The van der Waals surface area contributed by atoms with E-state index >= 15 is 0 Å². The van der Waals surface area contributed by atoms with Crippen LogP contribution < -0.4 is 51.7 Å². The summed E-state index contributed by atoms with van der Waals surface area (Å²) >= 11 is 0. The molecule has 0 spiro atoms. The van der Waals surface area contributed by atoms with Gasteiger partial charge in [0.2, 0.25) is 0 Å². The molecule has 3 aromatic heterocycles. The van der Waals surface area contributed by atoms with Crippen molar-refractivity contribution in [2.24, 2.45) is 0 Å². The van der Waals surface area contributed by atoms with E-state index in [1.165, 1.54) is 121 Å². The van der Waals surface area contributed by atoms with Gasteiger partial charge in [0.05, 0.1) is 16.7 Å². The van der Waals surface area contributed by atoms with Crippen LogP contribution in [-0.4, -0.2) is 28.0 Å². The zero-order chi connectivity index (χ0) is 91.0. The number of para-hydroxylation sites is 4. The van der Waals surface area contributed by atoms with Gasteiger partial charge in [0.25, 0.3) is 13.4 Å². The van der Waals surface area contributed by atoms with E-state index in [1.54, 1.807) is 0 Å². The van der Waals surface area contributed by atoms with Crippen molar-refractivity contribution in [1.82, 2.24) is 14.5 Å². The van der Waals surface area contributed by atoms with Crippen LogP contribution in [-0.2, 0) is 0 Å². The molecule has 23 aromatic rings. The highest BCUT2D eigenvalue weighted by atomic mass is 16.5. The molecule has 0 bridgehead atoms. The molecule has 642 valence electrons. The minimum Gasteiger partial charge on any atom is -0.458 e. The summed E-state index contributed by atoms with van der Waals surface area (Å²) in [6, 6.07) is 162. The third-order valence-electron chi connectivity index (χ3n) is 27.7. The zero-order valence-electron chi connectivity index (χ0n) is 75.2. The fourth-order valence-corrected chi connectivity index (χ4v) is 21.2. The lowest BCUT2D eigenvalue weighted by molar-refractivity contribution is 0.464. The monoisotopic (exact) mass is 1750 g/mol. The number of ether oxygens (including phenoxy) is 4. The number of benzene rings is 20. The van der Waals surface area contributed by atoms with E-state index in [2.05, 4.69) is 471 Å². The number of pyridine rings is 2. The number of hydrogen-bond acceptors (Lipinski definition) is 6. The molecule has 0 atom stereocenters. The van der Waals surface area contributed by atoms with Crippen LogP contribution in [0.1, 0.15) is 11.1 Å². The fourth-order valence-electron chi connectivity index (χ4n) is 21.2. The van der Waals surface area contributed by atoms with E-state index in [4.69, 9.17) is 18.9 Å². The van der Waals surface area contributed by atoms with Crippen LogP contribution in [0, 0.1) is 13.8 Å². The lowest BCUT2D eigenvalue weighted by Gasteiger charge is -2.36. The minimum absolute atomic E-state index is 0.0500. The van der Waals surface area contributed by atoms with Crippen molar-refractivity contribution >= 4 is 89.6 Å². The van der Waals surface area contributed by atoms with Crippen LogP contribution in [0.5, 0.6) is 46.0 Å². The van der Waals surface area contributed by atoms with E-state index in [-0.39, 0.29) is 13.4 Å². The average Bonchev–Trinajstić information content (AvgIpc) is 0.880.